The maximum absolute atomic E-state index is 13.7. The SMILES string of the molecule is COc1ccc(S(=O)(=O)N(CC(=O)N[C@@H](C)c2ccc3c(c2)CCC3)c2ccccc2)cc1OC. The van der Waals surface area contributed by atoms with Gasteiger partial charge in [-0.15, -0.1) is 0 Å². The lowest BCUT2D eigenvalue weighted by atomic mass is 10.0. The van der Waals surface area contributed by atoms with Gasteiger partial charge in [0.05, 0.1) is 30.8 Å². The van der Waals surface area contributed by atoms with E-state index in [-0.39, 0.29) is 23.2 Å². The molecule has 0 aromatic heterocycles. The third-order valence-electron chi connectivity index (χ3n) is 6.27. The van der Waals surface area contributed by atoms with Crippen LogP contribution in [0.2, 0.25) is 0 Å². The Morgan fingerprint density at radius 3 is 2.37 bits per heavy atom. The van der Waals surface area contributed by atoms with Crippen molar-refractivity contribution in [2.45, 2.75) is 37.1 Å². The van der Waals surface area contributed by atoms with Crippen LogP contribution in [0.5, 0.6) is 11.5 Å². The van der Waals surface area contributed by atoms with Crippen LogP contribution in [0, 0.1) is 0 Å². The van der Waals surface area contributed by atoms with Crippen molar-refractivity contribution in [1.29, 1.82) is 0 Å². The van der Waals surface area contributed by atoms with E-state index in [4.69, 9.17) is 9.47 Å². The summed E-state index contributed by atoms with van der Waals surface area (Å²) in [5, 5.41) is 2.96. The molecule has 0 unspecified atom stereocenters. The number of rotatable bonds is 9. The molecule has 8 heteroatoms. The Bertz CT molecular complexity index is 1310. The van der Waals surface area contributed by atoms with Gasteiger partial charge in [0, 0.05) is 6.07 Å². The van der Waals surface area contributed by atoms with Gasteiger partial charge in [-0.2, -0.15) is 0 Å². The number of benzene rings is 3. The summed E-state index contributed by atoms with van der Waals surface area (Å²) < 4.78 is 39.0. The maximum Gasteiger partial charge on any atom is 0.264 e. The van der Waals surface area contributed by atoms with E-state index < -0.39 is 15.9 Å². The maximum atomic E-state index is 13.7. The van der Waals surface area contributed by atoms with Crippen LogP contribution in [0.25, 0.3) is 0 Å². The van der Waals surface area contributed by atoms with E-state index in [1.54, 1.807) is 30.3 Å². The van der Waals surface area contributed by atoms with Crippen molar-refractivity contribution in [1.82, 2.24) is 5.32 Å². The van der Waals surface area contributed by atoms with E-state index in [0.29, 0.717) is 11.4 Å². The molecule has 0 saturated heterocycles. The van der Waals surface area contributed by atoms with Gasteiger partial charge in [-0.3, -0.25) is 9.10 Å². The van der Waals surface area contributed by atoms with E-state index in [0.717, 1.165) is 29.1 Å². The topological polar surface area (TPSA) is 84.9 Å². The van der Waals surface area contributed by atoms with Gasteiger partial charge in [-0.1, -0.05) is 36.4 Å². The van der Waals surface area contributed by atoms with Crippen LogP contribution in [0.3, 0.4) is 0 Å². The molecule has 0 bridgehead atoms. The number of nitrogens with zero attached hydrogens (tertiary/aromatic N) is 1. The van der Waals surface area contributed by atoms with Crippen LogP contribution in [0.1, 0.15) is 36.1 Å². The number of sulfonamides is 1. The van der Waals surface area contributed by atoms with Crippen molar-refractivity contribution < 1.29 is 22.7 Å². The highest BCUT2D eigenvalue weighted by atomic mass is 32.2. The molecule has 184 valence electrons. The summed E-state index contributed by atoms with van der Waals surface area (Å²) in [6, 6.07) is 19.0. The number of nitrogens with one attached hydrogen (secondary N) is 1. The summed E-state index contributed by atoms with van der Waals surface area (Å²) in [5.41, 5.74) is 4.09. The fraction of sp³-hybridized carbons (Fsp3) is 0.296. The van der Waals surface area contributed by atoms with Gasteiger partial charge in [0.15, 0.2) is 11.5 Å². The van der Waals surface area contributed by atoms with Crippen LogP contribution in [0.4, 0.5) is 5.69 Å². The fourth-order valence-electron chi connectivity index (χ4n) is 4.38. The highest BCUT2D eigenvalue weighted by molar-refractivity contribution is 7.92. The summed E-state index contributed by atoms with van der Waals surface area (Å²) >= 11 is 0. The number of para-hydroxylation sites is 1. The monoisotopic (exact) mass is 494 g/mol. The molecule has 3 aromatic carbocycles. The van der Waals surface area contributed by atoms with Gasteiger partial charge in [-0.25, -0.2) is 8.42 Å². The molecule has 0 heterocycles. The third kappa shape index (κ3) is 5.27. The number of methoxy groups -OCH3 is 2. The van der Waals surface area contributed by atoms with Crippen molar-refractivity contribution in [3.8, 4) is 11.5 Å². The number of hydrogen-bond donors (Lipinski definition) is 1. The number of amides is 1. The summed E-state index contributed by atoms with van der Waals surface area (Å²) in [6.07, 6.45) is 3.30. The smallest absolute Gasteiger partial charge is 0.264 e. The summed E-state index contributed by atoms with van der Waals surface area (Å²) in [6.45, 7) is 1.54. The normalized spacial score (nSPS) is 13.6. The van der Waals surface area contributed by atoms with Crippen LogP contribution in [0.15, 0.2) is 71.6 Å². The van der Waals surface area contributed by atoms with Crippen LogP contribution in [-0.2, 0) is 27.7 Å². The Kier molecular flexibility index (Phi) is 7.31. The zero-order valence-electron chi connectivity index (χ0n) is 20.2. The Hall–Kier alpha value is -3.52. The van der Waals surface area contributed by atoms with E-state index in [2.05, 4.69) is 17.4 Å². The lowest BCUT2D eigenvalue weighted by Gasteiger charge is -2.25. The zero-order valence-corrected chi connectivity index (χ0v) is 21.0. The predicted molar refractivity (Wildman–Crippen MR) is 136 cm³/mol. The number of anilines is 1. The number of carbonyl (C=O) groups excluding carboxylic acids is 1. The molecule has 4 rings (SSSR count). The van der Waals surface area contributed by atoms with Crippen molar-refractivity contribution in [2.24, 2.45) is 0 Å². The molecule has 1 aliphatic carbocycles. The number of carbonyl (C=O) groups is 1. The van der Waals surface area contributed by atoms with E-state index >= 15 is 0 Å². The molecule has 1 atom stereocenters. The molecule has 1 N–H and O–H groups in total. The predicted octanol–water partition coefficient (Wildman–Crippen LogP) is 4.27. The molecular formula is C27H30N2O5S. The van der Waals surface area contributed by atoms with Crippen molar-refractivity contribution in [3.63, 3.8) is 0 Å². The van der Waals surface area contributed by atoms with Gasteiger partial charge in [0.25, 0.3) is 10.0 Å². The molecular weight excluding hydrogens is 464 g/mol. The summed E-state index contributed by atoms with van der Waals surface area (Å²) in [7, 11) is -1.16. The van der Waals surface area contributed by atoms with E-state index in [1.165, 1.54) is 43.5 Å². The summed E-state index contributed by atoms with van der Waals surface area (Å²) in [4.78, 5) is 13.1. The molecule has 0 spiro atoms. The van der Waals surface area contributed by atoms with Crippen LogP contribution < -0.4 is 19.1 Å². The first-order valence-electron chi connectivity index (χ1n) is 11.5. The van der Waals surface area contributed by atoms with Crippen molar-refractivity contribution in [2.75, 3.05) is 25.1 Å². The first kappa shape index (κ1) is 24.6. The Morgan fingerprint density at radius 1 is 0.943 bits per heavy atom. The first-order chi connectivity index (χ1) is 16.8. The molecule has 0 aliphatic heterocycles. The Balaban J connectivity index is 1.59. The average Bonchev–Trinajstić information content (AvgIpc) is 3.35. The Morgan fingerprint density at radius 2 is 1.66 bits per heavy atom. The molecule has 0 saturated carbocycles. The van der Waals surface area contributed by atoms with Gasteiger partial charge >= 0.3 is 0 Å². The quantitative estimate of drug-likeness (QED) is 0.480. The molecule has 35 heavy (non-hydrogen) atoms. The fourth-order valence-corrected chi connectivity index (χ4v) is 5.81. The van der Waals surface area contributed by atoms with E-state index in [9.17, 15) is 13.2 Å². The molecule has 1 amide bonds. The van der Waals surface area contributed by atoms with Gasteiger partial charge in [0.1, 0.15) is 6.54 Å². The molecule has 0 fully saturated rings. The molecule has 7 nitrogen and oxygen atoms in total. The minimum absolute atomic E-state index is 0.00141. The van der Waals surface area contributed by atoms with Crippen LogP contribution >= 0.6 is 0 Å². The second-order valence-corrected chi connectivity index (χ2v) is 10.4. The molecule has 0 radical (unpaired) electrons. The first-order valence-corrected chi connectivity index (χ1v) is 13.0. The number of hydrogen-bond acceptors (Lipinski definition) is 5. The minimum atomic E-state index is -4.08. The van der Waals surface area contributed by atoms with Gasteiger partial charge in [-0.05, 0) is 67.1 Å². The lowest BCUT2D eigenvalue weighted by molar-refractivity contribution is -0.120. The van der Waals surface area contributed by atoms with Gasteiger partial charge < -0.3 is 14.8 Å². The highest BCUT2D eigenvalue weighted by Crippen LogP contribution is 2.32. The largest absolute Gasteiger partial charge is 0.493 e. The Labute approximate surface area is 206 Å². The number of fused-ring (bicyclic) bond motifs is 1. The summed E-state index contributed by atoms with van der Waals surface area (Å²) in [5.74, 6) is 0.306. The van der Waals surface area contributed by atoms with Gasteiger partial charge in [0.2, 0.25) is 5.91 Å². The standard InChI is InChI=1S/C27H30N2O5S/c1-19(21-13-12-20-8-7-9-22(20)16-21)28-27(30)18-29(23-10-5-4-6-11-23)35(31,32)24-14-15-25(33-2)26(17-24)34-3/h4-6,10-17,19H,7-9,18H2,1-3H3,(H,28,30)/t19-/m0/s1. The average molecular weight is 495 g/mol. The molecule has 3 aromatic rings. The van der Waals surface area contributed by atoms with E-state index in [1.807, 2.05) is 13.0 Å². The second-order valence-electron chi connectivity index (χ2n) is 8.53. The number of ether oxygens (including phenoxy) is 2. The number of aryl methyl sites for hydroxylation is 2. The minimum Gasteiger partial charge on any atom is -0.493 e. The van der Waals surface area contributed by atoms with Crippen LogP contribution in [-0.4, -0.2) is 35.1 Å². The molecule has 1 aliphatic rings. The van der Waals surface area contributed by atoms with Crippen molar-refractivity contribution in [3.05, 3.63) is 83.4 Å². The second kappa shape index (κ2) is 10.4. The van der Waals surface area contributed by atoms with Crippen molar-refractivity contribution >= 4 is 21.6 Å². The lowest BCUT2D eigenvalue weighted by Crippen LogP contribution is -2.41. The zero-order chi connectivity index (χ0) is 25.0. The third-order valence-corrected chi connectivity index (χ3v) is 8.04. The highest BCUT2D eigenvalue weighted by Gasteiger charge is 2.29.